The van der Waals surface area contributed by atoms with Gasteiger partial charge in [-0.15, -0.1) is 0 Å². The zero-order valence-corrected chi connectivity index (χ0v) is 19.7. The largest absolute Gasteiger partial charge is 0.454 e. The summed E-state index contributed by atoms with van der Waals surface area (Å²) in [6.45, 7) is 8.16. The van der Waals surface area contributed by atoms with Crippen LogP contribution in [0.1, 0.15) is 82.5 Å². The van der Waals surface area contributed by atoms with Crippen LogP contribution in [0.2, 0.25) is 0 Å². The maximum Gasteiger partial charge on any atom is 0.271 e. The quantitative estimate of drug-likeness (QED) is 0.499. The van der Waals surface area contributed by atoms with Gasteiger partial charge in [0.1, 0.15) is 5.75 Å². The zero-order chi connectivity index (χ0) is 24.4. The Bertz CT molecular complexity index is 1330. The van der Waals surface area contributed by atoms with Crippen LogP contribution in [0.5, 0.6) is 5.75 Å². The van der Waals surface area contributed by atoms with Gasteiger partial charge in [-0.1, -0.05) is 70.2 Å². The molecule has 1 aliphatic heterocycles. The highest BCUT2D eigenvalue weighted by Gasteiger charge is 2.72. The maximum absolute atomic E-state index is 14.0. The Hall–Kier alpha value is -3.64. The number of nitrogens with two attached hydrogens (primary N) is 1. The van der Waals surface area contributed by atoms with E-state index in [2.05, 4.69) is 19.2 Å². The monoisotopic (exact) mass is 456 g/mol. The number of rotatable bonds is 4. The number of Topliss-reactive ketones (excluding diaryl/α,β-unsaturated/α-hetero) is 1. The van der Waals surface area contributed by atoms with Crippen LogP contribution in [-0.2, 0) is 11.3 Å². The SMILES string of the molecule is CC(C)c1ccc(C(=O)NC23C(=O)c4c(N)cccc4C2(O)Oc2c(C(C)C)cccc23)cc1. The molecule has 4 N–H and O–H groups in total. The standard InChI is InChI=1S/C28H28N2O4/c1-15(2)17-11-13-18(14-12-17)26(32)30-27-21-9-5-7-19(16(3)4)24(21)34-28(27,33)20-8-6-10-22(29)23(20)25(27)31/h5-16,33H,29H2,1-4H3,(H,30,32). The lowest BCUT2D eigenvalue weighted by molar-refractivity contribution is -0.169. The molecule has 2 atom stereocenters. The number of amides is 1. The van der Waals surface area contributed by atoms with E-state index in [-0.39, 0.29) is 22.7 Å². The van der Waals surface area contributed by atoms with Crippen molar-refractivity contribution in [3.63, 3.8) is 0 Å². The van der Waals surface area contributed by atoms with E-state index in [4.69, 9.17) is 10.5 Å². The summed E-state index contributed by atoms with van der Waals surface area (Å²) in [6, 6.07) is 17.6. The lowest BCUT2D eigenvalue weighted by atomic mass is 9.81. The van der Waals surface area contributed by atoms with Gasteiger partial charge in [0.05, 0.1) is 5.56 Å². The first-order valence-corrected chi connectivity index (χ1v) is 11.5. The Morgan fingerprint density at radius 1 is 0.941 bits per heavy atom. The van der Waals surface area contributed by atoms with E-state index < -0.39 is 23.0 Å². The molecule has 2 aliphatic rings. The van der Waals surface area contributed by atoms with Gasteiger partial charge in [-0.25, -0.2) is 0 Å². The number of carbonyl (C=O) groups excluding carboxylic acids is 2. The Labute approximate surface area is 198 Å². The van der Waals surface area contributed by atoms with Crippen LogP contribution in [0.3, 0.4) is 0 Å². The predicted molar refractivity (Wildman–Crippen MR) is 130 cm³/mol. The van der Waals surface area contributed by atoms with Crippen LogP contribution in [0.15, 0.2) is 60.7 Å². The first-order valence-electron chi connectivity index (χ1n) is 11.5. The van der Waals surface area contributed by atoms with E-state index >= 15 is 0 Å². The fourth-order valence-corrected chi connectivity index (χ4v) is 5.12. The van der Waals surface area contributed by atoms with E-state index in [0.717, 1.165) is 11.1 Å². The summed E-state index contributed by atoms with van der Waals surface area (Å²) in [6.07, 6.45) is 0. The summed E-state index contributed by atoms with van der Waals surface area (Å²) >= 11 is 0. The molecule has 1 amide bonds. The van der Waals surface area contributed by atoms with E-state index in [9.17, 15) is 14.7 Å². The predicted octanol–water partition coefficient (Wildman–Crippen LogP) is 4.57. The topological polar surface area (TPSA) is 102 Å². The van der Waals surface area contributed by atoms with Crippen LogP contribution in [0.25, 0.3) is 0 Å². The van der Waals surface area contributed by atoms with Crippen LogP contribution < -0.4 is 15.8 Å². The number of carbonyl (C=O) groups is 2. The van der Waals surface area contributed by atoms with Crippen LogP contribution in [0, 0.1) is 0 Å². The molecule has 0 radical (unpaired) electrons. The highest BCUT2D eigenvalue weighted by Crippen LogP contribution is 2.60. The molecule has 0 saturated carbocycles. The molecular weight excluding hydrogens is 428 g/mol. The molecular formula is C28H28N2O4. The highest BCUT2D eigenvalue weighted by atomic mass is 16.6. The van der Waals surface area contributed by atoms with Gasteiger partial charge in [0.15, 0.2) is 0 Å². The molecule has 34 heavy (non-hydrogen) atoms. The smallest absolute Gasteiger partial charge is 0.271 e. The summed E-state index contributed by atoms with van der Waals surface area (Å²) in [5.41, 5.74) is 7.69. The third-order valence-electron chi connectivity index (χ3n) is 7.00. The van der Waals surface area contributed by atoms with Gasteiger partial charge in [0.25, 0.3) is 11.7 Å². The maximum atomic E-state index is 14.0. The molecule has 6 heteroatoms. The van der Waals surface area contributed by atoms with Gasteiger partial charge in [0.2, 0.25) is 11.3 Å². The normalized spacial score (nSPS) is 22.4. The Morgan fingerprint density at radius 3 is 2.24 bits per heavy atom. The molecule has 0 fully saturated rings. The van der Waals surface area contributed by atoms with Crippen molar-refractivity contribution >= 4 is 17.4 Å². The summed E-state index contributed by atoms with van der Waals surface area (Å²) in [5, 5.41) is 14.9. The molecule has 2 unspecified atom stereocenters. The fourth-order valence-electron chi connectivity index (χ4n) is 5.12. The number of ketones is 1. The van der Waals surface area contributed by atoms with Gasteiger partial charge >= 0.3 is 0 Å². The van der Waals surface area contributed by atoms with Gasteiger partial charge in [-0.05, 0) is 41.2 Å². The molecule has 5 rings (SSSR count). The number of aliphatic hydroxyl groups is 1. The molecule has 0 spiro atoms. The molecule has 1 aliphatic carbocycles. The molecule has 6 nitrogen and oxygen atoms in total. The summed E-state index contributed by atoms with van der Waals surface area (Å²) in [7, 11) is 0. The third-order valence-corrected chi connectivity index (χ3v) is 7.00. The van der Waals surface area contributed by atoms with Crippen molar-refractivity contribution in [2.45, 2.75) is 50.9 Å². The number of hydrogen-bond donors (Lipinski definition) is 3. The number of para-hydroxylation sites is 1. The number of fused-ring (bicyclic) bond motifs is 5. The average molecular weight is 457 g/mol. The fraction of sp³-hybridized carbons (Fsp3) is 0.286. The molecule has 1 heterocycles. The van der Waals surface area contributed by atoms with Crippen molar-refractivity contribution < 1.29 is 19.4 Å². The second kappa shape index (κ2) is 7.43. The number of anilines is 1. The van der Waals surface area contributed by atoms with E-state index in [1.807, 2.05) is 38.1 Å². The molecule has 174 valence electrons. The number of ether oxygens (including phenoxy) is 1. The Balaban J connectivity index is 1.70. The minimum atomic E-state index is -2.13. The summed E-state index contributed by atoms with van der Waals surface area (Å²) in [4.78, 5) is 27.6. The van der Waals surface area contributed by atoms with Gasteiger partial charge in [0, 0.05) is 22.4 Å². The van der Waals surface area contributed by atoms with Crippen molar-refractivity contribution in [2.24, 2.45) is 0 Å². The molecule has 3 aromatic rings. The third kappa shape index (κ3) is 2.78. The second-order valence-electron chi connectivity index (χ2n) is 9.70. The number of nitrogens with one attached hydrogen (secondary N) is 1. The van der Waals surface area contributed by atoms with Gasteiger partial charge < -0.3 is 20.9 Å². The van der Waals surface area contributed by atoms with Crippen molar-refractivity contribution in [1.82, 2.24) is 5.32 Å². The molecule has 0 aromatic heterocycles. The first kappa shape index (κ1) is 22.2. The molecule has 0 bridgehead atoms. The number of hydrogen-bond acceptors (Lipinski definition) is 5. The van der Waals surface area contributed by atoms with Crippen molar-refractivity contribution in [2.75, 3.05) is 5.73 Å². The minimum absolute atomic E-state index is 0.0733. The second-order valence-corrected chi connectivity index (χ2v) is 9.70. The van der Waals surface area contributed by atoms with Crippen LogP contribution >= 0.6 is 0 Å². The average Bonchev–Trinajstić information content (AvgIpc) is 3.17. The summed E-state index contributed by atoms with van der Waals surface area (Å²) in [5.74, 6) is -2.30. The zero-order valence-electron chi connectivity index (χ0n) is 19.7. The van der Waals surface area contributed by atoms with Crippen molar-refractivity contribution in [3.05, 3.63) is 94.0 Å². The van der Waals surface area contributed by atoms with Crippen molar-refractivity contribution in [3.8, 4) is 5.75 Å². The Kier molecular flexibility index (Phi) is 4.85. The lowest BCUT2D eigenvalue weighted by Crippen LogP contribution is -2.60. The van der Waals surface area contributed by atoms with Crippen LogP contribution in [0.4, 0.5) is 5.69 Å². The first-order chi connectivity index (χ1) is 16.1. The number of nitrogen functional groups attached to an aromatic ring is 1. The van der Waals surface area contributed by atoms with Crippen molar-refractivity contribution in [1.29, 1.82) is 0 Å². The van der Waals surface area contributed by atoms with Gasteiger partial charge in [-0.2, -0.15) is 0 Å². The molecule has 3 aromatic carbocycles. The lowest BCUT2D eigenvalue weighted by Gasteiger charge is -2.34. The Morgan fingerprint density at radius 2 is 1.59 bits per heavy atom. The van der Waals surface area contributed by atoms with Crippen LogP contribution in [-0.4, -0.2) is 16.8 Å². The minimum Gasteiger partial charge on any atom is -0.454 e. The van der Waals surface area contributed by atoms with E-state index in [1.165, 1.54) is 0 Å². The van der Waals surface area contributed by atoms with Gasteiger partial charge in [-0.3, -0.25) is 9.59 Å². The summed E-state index contributed by atoms with van der Waals surface area (Å²) < 4.78 is 6.22. The number of benzene rings is 3. The van der Waals surface area contributed by atoms with E-state index in [1.54, 1.807) is 36.4 Å². The van der Waals surface area contributed by atoms with E-state index in [0.29, 0.717) is 22.8 Å². The highest BCUT2D eigenvalue weighted by molar-refractivity contribution is 6.16. The molecule has 0 saturated heterocycles.